The molecule has 3 heterocycles. The Labute approximate surface area is 392 Å². The summed E-state index contributed by atoms with van der Waals surface area (Å²) in [5.74, 6) is 0.774. The number of benzene rings is 4. The van der Waals surface area contributed by atoms with Crippen LogP contribution < -0.4 is 5.32 Å². The number of nitrogens with zero attached hydrogens (tertiary/aromatic N) is 3. The zero-order valence-corrected chi connectivity index (χ0v) is 39.1. The zero-order chi connectivity index (χ0) is 46.8. The first kappa shape index (κ1) is 47.6. The molecule has 3 aromatic heterocycles. The Morgan fingerprint density at radius 2 is 1.41 bits per heavy atom. The van der Waals surface area contributed by atoms with Crippen molar-refractivity contribution in [2.75, 3.05) is 5.32 Å². The van der Waals surface area contributed by atoms with Crippen molar-refractivity contribution in [2.24, 2.45) is 4.99 Å². The topological polar surface area (TPSA) is 66.0 Å². The molecule has 0 amide bonds. The number of nitrogens with one attached hydrogen (secondary N) is 2. The molecule has 0 aliphatic heterocycles. The number of anilines is 1. The fraction of sp³-hybridized carbons (Fsp3) is 0.131. The van der Waals surface area contributed by atoms with E-state index in [1.54, 1.807) is 18.3 Å². The molecule has 7 aromatic rings. The SMILES string of the molecule is C=C(/C=C1/CCc2cc3c(cc2/C1=C/C)[nH]c1ccc(-c2ccc(/C(=C/C)N=CCC)cc2)cc13)C(=C)/C=C(\C=C/Nc1ccccn1)c1ccc(-c2ccccn2)cc1.C=CC=C.CC. The lowest BCUT2D eigenvalue weighted by Crippen LogP contribution is -2.05. The summed E-state index contributed by atoms with van der Waals surface area (Å²) in [6, 6.07) is 40.4. The van der Waals surface area contributed by atoms with Crippen LogP contribution in [-0.4, -0.2) is 21.2 Å². The molecule has 0 atom stereocenters. The largest absolute Gasteiger partial charge is 0.354 e. The van der Waals surface area contributed by atoms with Gasteiger partial charge in [-0.25, -0.2) is 4.98 Å². The van der Waals surface area contributed by atoms with E-state index >= 15 is 0 Å². The highest BCUT2D eigenvalue weighted by atomic mass is 15.0. The number of aromatic amines is 1. The second-order valence-corrected chi connectivity index (χ2v) is 15.4. The van der Waals surface area contributed by atoms with Gasteiger partial charge in [0.15, 0.2) is 0 Å². The number of hydrogen-bond acceptors (Lipinski definition) is 4. The van der Waals surface area contributed by atoms with Crippen molar-refractivity contribution in [3.8, 4) is 22.4 Å². The summed E-state index contributed by atoms with van der Waals surface area (Å²) in [4.78, 5) is 17.3. The van der Waals surface area contributed by atoms with Gasteiger partial charge in [-0.05, 0) is 155 Å². The smallest absolute Gasteiger partial charge is 0.129 e. The number of pyridine rings is 2. The maximum atomic E-state index is 4.63. The molecule has 5 nitrogen and oxygen atoms in total. The normalized spacial score (nSPS) is 13.8. The van der Waals surface area contributed by atoms with E-state index < -0.39 is 0 Å². The third-order valence-electron chi connectivity index (χ3n) is 11.2. The van der Waals surface area contributed by atoms with Crippen LogP contribution in [0.4, 0.5) is 5.82 Å². The van der Waals surface area contributed by atoms with Crippen LogP contribution in [0, 0.1) is 0 Å². The summed E-state index contributed by atoms with van der Waals surface area (Å²) < 4.78 is 0. The third-order valence-corrected chi connectivity index (χ3v) is 11.2. The average Bonchev–Trinajstić information content (AvgIpc) is 3.73. The molecule has 66 heavy (non-hydrogen) atoms. The van der Waals surface area contributed by atoms with Gasteiger partial charge in [-0.15, -0.1) is 0 Å². The Kier molecular flexibility index (Phi) is 17.1. The van der Waals surface area contributed by atoms with E-state index in [4.69, 9.17) is 0 Å². The van der Waals surface area contributed by atoms with Crippen LogP contribution in [0.15, 0.2) is 224 Å². The number of aryl methyl sites for hydroxylation is 1. The minimum Gasteiger partial charge on any atom is -0.354 e. The minimum atomic E-state index is 0.774. The van der Waals surface area contributed by atoms with E-state index in [1.165, 1.54) is 44.2 Å². The molecule has 2 N–H and O–H groups in total. The molecule has 5 heteroatoms. The summed E-state index contributed by atoms with van der Waals surface area (Å²) in [5.41, 5.74) is 17.7. The molecule has 8 rings (SSSR count). The maximum Gasteiger partial charge on any atom is 0.129 e. The average molecular weight is 864 g/mol. The third kappa shape index (κ3) is 11.6. The predicted octanol–water partition coefficient (Wildman–Crippen LogP) is 16.8. The lowest BCUT2D eigenvalue weighted by molar-refractivity contribution is 0.940. The highest BCUT2D eigenvalue weighted by Crippen LogP contribution is 2.40. The van der Waals surface area contributed by atoms with Crippen LogP contribution in [0.1, 0.15) is 69.7 Å². The van der Waals surface area contributed by atoms with Crippen molar-refractivity contribution in [2.45, 2.75) is 53.9 Å². The Morgan fingerprint density at radius 3 is 2.06 bits per heavy atom. The summed E-state index contributed by atoms with van der Waals surface area (Å²) in [5, 5.41) is 5.79. The van der Waals surface area contributed by atoms with Crippen LogP contribution in [0.25, 0.3) is 61.0 Å². The molecule has 1 aliphatic carbocycles. The molecule has 330 valence electrons. The standard InChI is InChI=1S/C55H49N5.C4H6.C2H6/c1-6-28-56-51(8-3)41-19-15-39(16-20-41)43-25-26-53-49(34-43)50-35-46-24-23-45(47(7-2)48(46)36-54(50)60-53)33-38(5)37(4)32-44(27-31-59-55-14-10-12-30-58-55)40-17-21-42(22-18-40)52-13-9-11-29-57-52;1-3-4-2;1-2/h7-22,25-36,60H,4-6,23-24H2,1-3H3,(H,58,59);3-4H,1-2H2;1-2H3/b31-27-,44-32+,45-33-,47-7+,51-8-,56-28?;;. The molecule has 0 unspecified atom stereocenters. The molecule has 0 saturated carbocycles. The van der Waals surface area contributed by atoms with Crippen molar-refractivity contribution < 1.29 is 0 Å². The van der Waals surface area contributed by atoms with Gasteiger partial charge in [0.05, 0.1) is 11.4 Å². The van der Waals surface area contributed by atoms with E-state index in [9.17, 15) is 0 Å². The predicted molar refractivity (Wildman–Crippen MR) is 288 cm³/mol. The monoisotopic (exact) mass is 863 g/mol. The number of hydrogen-bond donors (Lipinski definition) is 2. The van der Waals surface area contributed by atoms with E-state index in [2.05, 4.69) is 175 Å². The summed E-state index contributed by atoms with van der Waals surface area (Å²) in [6.45, 7) is 26.0. The number of aromatic nitrogens is 3. The molecule has 0 bridgehead atoms. The molecule has 1 aliphatic rings. The molecule has 4 aromatic carbocycles. The van der Waals surface area contributed by atoms with Gasteiger partial charge in [0.1, 0.15) is 5.82 Å². The lowest BCUT2D eigenvalue weighted by Gasteiger charge is -2.23. The van der Waals surface area contributed by atoms with Crippen molar-refractivity contribution in [1.82, 2.24) is 15.0 Å². The van der Waals surface area contributed by atoms with Crippen LogP contribution in [0.3, 0.4) is 0 Å². The Bertz CT molecular complexity index is 2980. The van der Waals surface area contributed by atoms with Crippen LogP contribution >= 0.6 is 0 Å². The van der Waals surface area contributed by atoms with Gasteiger partial charge in [-0.3, -0.25) is 9.98 Å². The van der Waals surface area contributed by atoms with Gasteiger partial charge in [-0.2, -0.15) is 0 Å². The minimum absolute atomic E-state index is 0.774. The van der Waals surface area contributed by atoms with Crippen molar-refractivity contribution in [1.29, 1.82) is 0 Å². The van der Waals surface area contributed by atoms with Crippen molar-refractivity contribution >= 4 is 50.7 Å². The van der Waals surface area contributed by atoms with Gasteiger partial charge in [0.25, 0.3) is 0 Å². The fourth-order valence-corrected chi connectivity index (χ4v) is 7.88. The van der Waals surface area contributed by atoms with Crippen molar-refractivity contribution in [3.63, 3.8) is 0 Å². The summed E-state index contributed by atoms with van der Waals surface area (Å²) in [7, 11) is 0. The van der Waals surface area contributed by atoms with Crippen LogP contribution in [0.2, 0.25) is 0 Å². The molecular formula is C61H61N5. The number of allylic oxidation sites excluding steroid dienone is 12. The number of rotatable bonds is 13. The molecule has 0 saturated heterocycles. The molecule has 0 radical (unpaired) electrons. The summed E-state index contributed by atoms with van der Waals surface area (Å²) in [6.07, 6.45) is 24.2. The number of H-pyrrole nitrogens is 1. The van der Waals surface area contributed by atoms with E-state index in [0.717, 1.165) is 80.9 Å². The van der Waals surface area contributed by atoms with E-state index in [0.29, 0.717) is 0 Å². The van der Waals surface area contributed by atoms with Crippen LogP contribution in [0.5, 0.6) is 0 Å². The first-order valence-electron chi connectivity index (χ1n) is 22.8. The quantitative estimate of drug-likeness (QED) is 0.0896. The number of fused-ring (bicyclic) bond motifs is 4. The zero-order valence-electron chi connectivity index (χ0n) is 39.1. The maximum absolute atomic E-state index is 4.63. The fourth-order valence-electron chi connectivity index (χ4n) is 7.88. The highest BCUT2D eigenvalue weighted by Gasteiger charge is 2.21. The second-order valence-electron chi connectivity index (χ2n) is 15.4. The van der Waals surface area contributed by atoms with Crippen LogP contribution in [-0.2, 0) is 6.42 Å². The summed E-state index contributed by atoms with van der Waals surface area (Å²) >= 11 is 0. The Morgan fingerprint density at radius 1 is 0.727 bits per heavy atom. The second kappa shape index (κ2) is 23.7. The van der Waals surface area contributed by atoms with E-state index in [1.807, 2.05) is 75.8 Å². The van der Waals surface area contributed by atoms with Crippen molar-refractivity contribution in [3.05, 3.63) is 242 Å². The first-order valence-corrected chi connectivity index (χ1v) is 22.8. The Hall–Kier alpha value is -7.89. The van der Waals surface area contributed by atoms with Gasteiger partial charge in [0.2, 0.25) is 0 Å². The first-order chi connectivity index (χ1) is 32.3. The lowest BCUT2D eigenvalue weighted by atomic mass is 9.81. The molecule has 0 spiro atoms. The van der Waals surface area contributed by atoms with Gasteiger partial charge in [-0.1, -0.05) is 144 Å². The van der Waals surface area contributed by atoms with Gasteiger partial charge in [0, 0.05) is 52.2 Å². The molecule has 0 fully saturated rings. The van der Waals surface area contributed by atoms with E-state index in [-0.39, 0.29) is 0 Å². The van der Waals surface area contributed by atoms with Gasteiger partial charge < -0.3 is 10.3 Å². The highest BCUT2D eigenvalue weighted by molar-refractivity contribution is 6.10. The number of aliphatic imine (C=N–C) groups is 1. The van der Waals surface area contributed by atoms with Gasteiger partial charge >= 0.3 is 0 Å². The Balaban J connectivity index is 0.00000114. The molecular weight excluding hydrogens is 803 g/mol.